The van der Waals surface area contributed by atoms with Gasteiger partial charge in [0.25, 0.3) is 0 Å². The molecular weight excluding hydrogens is 213 g/mol. The molecule has 1 rings (SSSR count). The fourth-order valence-electron chi connectivity index (χ4n) is 0.887. The number of nitrogens with one attached hydrogen (secondary N) is 1. The topological polar surface area (TPSA) is 39.5 Å². The zero-order valence-corrected chi connectivity index (χ0v) is 9.38. The van der Waals surface area contributed by atoms with E-state index in [-0.39, 0.29) is 5.82 Å². The van der Waals surface area contributed by atoms with Crippen LogP contribution in [-0.2, 0) is 0 Å². The van der Waals surface area contributed by atoms with Crippen molar-refractivity contribution in [1.29, 1.82) is 5.41 Å². The first kappa shape index (κ1) is 11.7. The average Bonchev–Trinajstić information content (AvgIpc) is 2.26. The second-order valence-electron chi connectivity index (χ2n) is 2.83. The molecule has 0 aliphatic rings. The van der Waals surface area contributed by atoms with Crippen molar-refractivity contribution in [2.24, 2.45) is 5.10 Å². The first-order chi connectivity index (χ1) is 7.13. The fourth-order valence-corrected chi connectivity index (χ4v) is 1.20. The predicted molar refractivity (Wildman–Crippen MR) is 63.0 cm³/mol. The van der Waals surface area contributed by atoms with E-state index in [2.05, 4.69) is 5.10 Å². The van der Waals surface area contributed by atoms with Crippen LogP contribution in [0.25, 0.3) is 0 Å². The third kappa shape index (κ3) is 3.71. The van der Waals surface area contributed by atoms with Crippen molar-refractivity contribution in [3.05, 3.63) is 35.6 Å². The van der Waals surface area contributed by atoms with Gasteiger partial charge in [-0.05, 0) is 24.0 Å². The number of hydrazone groups is 1. The van der Waals surface area contributed by atoms with Crippen molar-refractivity contribution in [2.75, 3.05) is 13.3 Å². The Hall–Kier alpha value is -1.36. The molecule has 80 valence electrons. The molecule has 0 amide bonds. The number of nitrogens with zero attached hydrogens (tertiary/aromatic N) is 2. The highest BCUT2D eigenvalue weighted by Gasteiger charge is 1.98. The quantitative estimate of drug-likeness (QED) is 0.477. The molecule has 0 saturated heterocycles. The Balaban J connectivity index is 2.65. The largest absolute Gasteiger partial charge is 0.277 e. The zero-order chi connectivity index (χ0) is 11.3. The van der Waals surface area contributed by atoms with E-state index < -0.39 is 0 Å². The molecule has 0 bridgehead atoms. The predicted octanol–water partition coefficient (Wildman–Crippen LogP) is 2.39. The lowest BCUT2D eigenvalue weighted by molar-refractivity contribution is 0.556. The Morgan fingerprint density at radius 3 is 2.60 bits per heavy atom. The minimum atomic E-state index is -0.266. The maximum absolute atomic E-state index is 12.6. The van der Waals surface area contributed by atoms with Crippen LogP contribution in [0.5, 0.6) is 0 Å². The summed E-state index contributed by atoms with van der Waals surface area (Å²) in [7, 11) is 1.69. The van der Waals surface area contributed by atoms with Crippen LogP contribution in [-0.4, -0.2) is 29.7 Å². The standard InChI is InChI=1S/C10H12FN3S/c1-14(10(12)15-2)13-7-8-3-5-9(11)6-4-8/h3-7,12H,1-2H3. The number of halogens is 1. The lowest BCUT2D eigenvalue weighted by Crippen LogP contribution is -2.16. The van der Waals surface area contributed by atoms with Crippen molar-refractivity contribution < 1.29 is 4.39 Å². The highest BCUT2D eigenvalue weighted by molar-refractivity contribution is 8.13. The smallest absolute Gasteiger partial charge is 0.176 e. The van der Waals surface area contributed by atoms with Crippen LogP contribution < -0.4 is 0 Å². The molecule has 15 heavy (non-hydrogen) atoms. The monoisotopic (exact) mass is 225 g/mol. The van der Waals surface area contributed by atoms with Gasteiger partial charge in [-0.3, -0.25) is 5.41 Å². The number of amidine groups is 1. The summed E-state index contributed by atoms with van der Waals surface area (Å²) in [5.74, 6) is -0.266. The average molecular weight is 225 g/mol. The Bertz CT molecular complexity index is 361. The molecule has 0 aliphatic heterocycles. The van der Waals surface area contributed by atoms with Crippen molar-refractivity contribution >= 4 is 23.1 Å². The summed E-state index contributed by atoms with van der Waals surface area (Å²) in [6, 6.07) is 6.02. The van der Waals surface area contributed by atoms with Crippen molar-refractivity contribution in [1.82, 2.24) is 5.01 Å². The van der Waals surface area contributed by atoms with E-state index in [1.54, 1.807) is 25.4 Å². The molecule has 0 radical (unpaired) electrons. The van der Waals surface area contributed by atoms with Crippen LogP contribution in [0.4, 0.5) is 4.39 Å². The van der Waals surface area contributed by atoms with E-state index in [4.69, 9.17) is 5.41 Å². The lowest BCUT2D eigenvalue weighted by Gasteiger charge is -2.10. The number of benzene rings is 1. The minimum Gasteiger partial charge on any atom is -0.277 e. The third-order valence-electron chi connectivity index (χ3n) is 1.74. The van der Waals surface area contributed by atoms with Gasteiger partial charge in [0, 0.05) is 7.05 Å². The molecule has 1 N–H and O–H groups in total. The van der Waals surface area contributed by atoms with Gasteiger partial charge in [-0.2, -0.15) is 5.10 Å². The molecule has 0 aliphatic carbocycles. The third-order valence-corrected chi connectivity index (χ3v) is 2.39. The normalized spacial score (nSPS) is 10.6. The van der Waals surface area contributed by atoms with Gasteiger partial charge in [-0.1, -0.05) is 23.9 Å². The maximum atomic E-state index is 12.6. The molecule has 0 spiro atoms. The first-order valence-electron chi connectivity index (χ1n) is 4.29. The summed E-state index contributed by atoms with van der Waals surface area (Å²) in [5.41, 5.74) is 0.803. The Morgan fingerprint density at radius 1 is 1.47 bits per heavy atom. The summed E-state index contributed by atoms with van der Waals surface area (Å²) in [6.45, 7) is 0. The molecule has 5 heteroatoms. The summed E-state index contributed by atoms with van der Waals surface area (Å²) in [4.78, 5) is 0. The second-order valence-corrected chi connectivity index (χ2v) is 3.62. The van der Waals surface area contributed by atoms with Crippen LogP contribution >= 0.6 is 11.8 Å². The van der Waals surface area contributed by atoms with E-state index >= 15 is 0 Å². The van der Waals surface area contributed by atoms with E-state index in [1.807, 2.05) is 6.26 Å². The van der Waals surface area contributed by atoms with Gasteiger partial charge in [-0.25, -0.2) is 9.40 Å². The van der Waals surface area contributed by atoms with Gasteiger partial charge in [0.05, 0.1) is 6.21 Å². The molecule has 3 nitrogen and oxygen atoms in total. The van der Waals surface area contributed by atoms with Gasteiger partial charge in [0.2, 0.25) is 0 Å². The molecule has 0 fully saturated rings. The first-order valence-corrected chi connectivity index (χ1v) is 5.52. The summed E-state index contributed by atoms with van der Waals surface area (Å²) in [5, 5.41) is 13.3. The van der Waals surface area contributed by atoms with Gasteiger partial charge in [0.1, 0.15) is 5.82 Å². The lowest BCUT2D eigenvalue weighted by atomic mass is 10.2. The maximum Gasteiger partial charge on any atom is 0.176 e. The number of hydrogen-bond donors (Lipinski definition) is 1. The van der Waals surface area contributed by atoms with Gasteiger partial charge < -0.3 is 0 Å². The van der Waals surface area contributed by atoms with Crippen LogP contribution in [0.2, 0.25) is 0 Å². The van der Waals surface area contributed by atoms with Gasteiger partial charge in [0.15, 0.2) is 5.17 Å². The molecule has 0 unspecified atom stereocenters. The van der Waals surface area contributed by atoms with E-state index in [0.717, 1.165) is 5.56 Å². The van der Waals surface area contributed by atoms with E-state index in [9.17, 15) is 4.39 Å². The van der Waals surface area contributed by atoms with Crippen molar-refractivity contribution in [3.8, 4) is 0 Å². The van der Waals surface area contributed by atoms with Crippen molar-refractivity contribution in [3.63, 3.8) is 0 Å². The molecule has 0 atom stereocenters. The SMILES string of the molecule is CSC(=N)N(C)N=Cc1ccc(F)cc1. The highest BCUT2D eigenvalue weighted by atomic mass is 32.2. The van der Waals surface area contributed by atoms with Crippen LogP contribution in [0.3, 0.4) is 0 Å². The Kier molecular flexibility index (Phi) is 4.30. The number of thioether (sulfide) groups is 1. The molecule has 1 aromatic rings. The Morgan fingerprint density at radius 2 is 2.07 bits per heavy atom. The highest BCUT2D eigenvalue weighted by Crippen LogP contribution is 2.03. The number of rotatable bonds is 2. The molecule has 1 aromatic carbocycles. The molecule has 0 heterocycles. The van der Waals surface area contributed by atoms with Gasteiger partial charge >= 0.3 is 0 Å². The molecular formula is C10H12FN3S. The molecule has 0 saturated carbocycles. The fraction of sp³-hybridized carbons (Fsp3) is 0.200. The van der Waals surface area contributed by atoms with Crippen LogP contribution in [0.15, 0.2) is 29.4 Å². The van der Waals surface area contributed by atoms with Gasteiger partial charge in [-0.15, -0.1) is 0 Å². The number of hydrogen-bond acceptors (Lipinski definition) is 3. The minimum absolute atomic E-state index is 0.266. The van der Waals surface area contributed by atoms with Crippen molar-refractivity contribution in [2.45, 2.75) is 0 Å². The van der Waals surface area contributed by atoms with E-state index in [1.165, 1.54) is 28.9 Å². The Labute approximate surface area is 92.5 Å². The zero-order valence-electron chi connectivity index (χ0n) is 8.57. The van der Waals surface area contributed by atoms with Crippen LogP contribution in [0, 0.1) is 11.2 Å². The summed E-state index contributed by atoms with van der Waals surface area (Å²) in [6.07, 6.45) is 3.40. The van der Waals surface area contributed by atoms with Crippen LogP contribution in [0.1, 0.15) is 5.56 Å². The van der Waals surface area contributed by atoms with E-state index in [0.29, 0.717) is 5.17 Å². The molecule has 0 aromatic heterocycles. The summed E-state index contributed by atoms with van der Waals surface area (Å²) < 4.78 is 12.6. The second kappa shape index (κ2) is 5.50. The summed E-state index contributed by atoms with van der Waals surface area (Å²) >= 11 is 1.31.